The van der Waals surface area contributed by atoms with Gasteiger partial charge in [-0.05, 0) is 18.9 Å². The number of benzene rings is 1. The standard InChI is InChI=1S/C17H27FN2O/c1-5-12(2)15-9-19-13(3)10-20(15)11-14-7-6-8-16(21-4)17(14)18/h6-8,12-13,15,19H,5,9-11H2,1-4H3. The lowest BCUT2D eigenvalue weighted by molar-refractivity contribution is 0.0872. The van der Waals surface area contributed by atoms with Crippen LogP contribution in [0.5, 0.6) is 5.75 Å². The van der Waals surface area contributed by atoms with Crippen LogP contribution in [-0.4, -0.2) is 37.2 Å². The van der Waals surface area contributed by atoms with Crippen molar-refractivity contribution in [2.75, 3.05) is 20.2 Å². The molecule has 1 heterocycles. The third-order valence-electron chi connectivity index (χ3n) is 4.59. The van der Waals surface area contributed by atoms with Gasteiger partial charge in [0.2, 0.25) is 0 Å². The number of rotatable bonds is 5. The zero-order chi connectivity index (χ0) is 15.4. The lowest BCUT2D eigenvalue weighted by Gasteiger charge is -2.42. The quantitative estimate of drug-likeness (QED) is 0.903. The highest BCUT2D eigenvalue weighted by Crippen LogP contribution is 2.25. The van der Waals surface area contributed by atoms with Gasteiger partial charge in [0, 0.05) is 37.3 Å². The Hall–Kier alpha value is -1.13. The molecule has 1 aliphatic rings. The predicted molar refractivity (Wildman–Crippen MR) is 84.1 cm³/mol. The monoisotopic (exact) mass is 294 g/mol. The number of halogens is 1. The molecule has 1 aromatic rings. The molecule has 1 N–H and O–H groups in total. The van der Waals surface area contributed by atoms with E-state index >= 15 is 0 Å². The molecular formula is C17H27FN2O. The van der Waals surface area contributed by atoms with Gasteiger partial charge in [0.05, 0.1) is 7.11 Å². The van der Waals surface area contributed by atoms with Crippen LogP contribution in [0.15, 0.2) is 18.2 Å². The highest BCUT2D eigenvalue weighted by molar-refractivity contribution is 5.31. The van der Waals surface area contributed by atoms with Crippen LogP contribution < -0.4 is 10.1 Å². The van der Waals surface area contributed by atoms with Crippen molar-refractivity contribution in [1.29, 1.82) is 0 Å². The van der Waals surface area contributed by atoms with Gasteiger partial charge in [-0.25, -0.2) is 4.39 Å². The summed E-state index contributed by atoms with van der Waals surface area (Å²) in [5.74, 6) is 0.698. The van der Waals surface area contributed by atoms with Gasteiger partial charge in [-0.3, -0.25) is 4.90 Å². The predicted octanol–water partition coefficient (Wildman–Crippen LogP) is 3.04. The van der Waals surface area contributed by atoms with Crippen LogP contribution in [0.1, 0.15) is 32.8 Å². The van der Waals surface area contributed by atoms with Gasteiger partial charge in [-0.1, -0.05) is 32.4 Å². The molecule has 0 aromatic heterocycles. The van der Waals surface area contributed by atoms with E-state index < -0.39 is 0 Å². The number of ether oxygens (including phenoxy) is 1. The first-order chi connectivity index (χ1) is 10.1. The van der Waals surface area contributed by atoms with Crippen LogP contribution in [-0.2, 0) is 6.54 Å². The number of nitrogens with zero attached hydrogens (tertiary/aromatic N) is 1. The SMILES string of the molecule is CCC(C)C1CNC(C)CN1Cc1cccc(OC)c1F. The van der Waals surface area contributed by atoms with Crippen molar-refractivity contribution in [2.24, 2.45) is 5.92 Å². The van der Waals surface area contributed by atoms with Crippen molar-refractivity contribution in [3.05, 3.63) is 29.6 Å². The molecule has 1 aromatic carbocycles. The minimum atomic E-state index is -0.228. The summed E-state index contributed by atoms with van der Waals surface area (Å²) in [5, 5.41) is 3.54. The number of nitrogens with one attached hydrogen (secondary N) is 1. The first kappa shape index (κ1) is 16.2. The van der Waals surface area contributed by atoms with Crippen molar-refractivity contribution >= 4 is 0 Å². The Morgan fingerprint density at radius 2 is 2.24 bits per heavy atom. The average molecular weight is 294 g/mol. The second-order valence-corrected chi connectivity index (χ2v) is 6.12. The average Bonchev–Trinajstić information content (AvgIpc) is 2.49. The molecule has 0 saturated carbocycles. The van der Waals surface area contributed by atoms with Crippen LogP contribution in [0.4, 0.5) is 4.39 Å². The molecule has 0 spiro atoms. The van der Waals surface area contributed by atoms with E-state index in [1.54, 1.807) is 6.07 Å². The summed E-state index contributed by atoms with van der Waals surface area (Å²) in [6, 6.07) is 6.29. The van der Waals surface area contributed by atoms with Gasteiger partial charge in [0.15, 0.2) is 11.6 Å². The molecule has 21 heavy (non-hydrogen) atoms. The Balaban J connectivity index is 2.18. The first-order valence-corrected chi connectivity index (χ1v) is 7.85. The van der Waals surface area contributed by atoms with Crippen LogP contribution in [0.25, 0.3) is 0 Å². The molecule has 1 saturated heterocycles. The van der Waals surface area contributed by atoms with E-state index in [9.17, 15) is 4.39 Å². The van der Waals surface area contributed by atoms with Crippen molar-refractivity contribution in [1.82, 2.24) is 10.2 Å². The number of methoxy groups -OCH3 is 1. The molecule has 0 aliphatic carbocycles. The Morgan fingerprint density at radius 3 is 2.90 bits per heavy atom. The zero-order valence-electron chi connectivity index (χ0n) is 13.5. The molecule has 118 valence electrons. The molecule has 0 radical (unpaired) electrons. The Morgan fingerprint density at radius 1 is 1.48 bits per heavy atom. The largest absolute Gasteiger partial charge is 0.494 e. The smallest absolute Gasteiger partial charge is 0.169 e. The topological polar surface area (TPSA) is 24.5 Å². The molecule has 0 bridgehead atoms. The minimum absolute atomic E-state index is 0.228. The third kappa shape index (κ3) is 3.74. The Kier molecular flexibility index (Phi) is 5.59. The van der Waals surface area contributed by atoms with E-state index in [4.69, 9.17) is 4.74 Å². The van der Waals surface area contributed by atoms with Gasteiger partial charge >= 0.3 is 0 Å². The fraction of sp³-hybridized carbons (Fsp3) is 0.647. The van der Waals surface area contributed by atoms with E-state index in [0.717, 1.165) is 25.1 Å². The Bertz CT molecular complexity index is 466. The van der Waals surface area contributed by atoms with Crippen LogP contribution >= 0.6 is 0 Å². The van der Waals surface area contributed by atoms with Crippen LogP contribution in [0.3, 0.4) is 0 Å². The van der Waals surface area contributed by atoms with Gasteiger partial charge in [0.1, 0.15) is 0 Å². The van der Waals surface area contributed by atoms with Gasteiger partial charge in [0.25, 0.3) is 0 Å². The van der Waals surface area contributed by atoms with Crippen molar-refractivity contribution < 1.29 is 9.13 Å². The maximum absolute atomic E-state index is 14.4. The van der Waals surface area contributed by atoms with E-state index in [1.165, 1.54) is 7.11 Å². The molecular weight excluding hydrogens is 267 g/mol. The zero-order valence-corrected chi connectivity index (χ0v) is 13.5. The fourth-order valence-electron chi connectivity index (χ4n) is 3.07. The second-order valence-electron chi connectivity index (χ2n) is 6.12. The number of piperazine rings is 1. The highest BCUT2D eigenvalue weighted by atomic mass is 19.1. The summed E-state index contributed by atoms with van der Waals surface area (Å²) in [4.78, 5) is 2.41. The molecule has 1 fully saturated rings. The maximum Gasteiger partial charge on any atom is 0.169 e. The normalized spacial score (nSPS) is 24.8. The van der Waals surface area contributed by atoms with E-state index in [0.29, 0.717) is 30.3 Å². The van der Waals surface area contributed by atoms with Crippen LogP contribution in [0, 0.1) is 11.7 Å². The van der Waals surface area contributed by atoms with Crippen LogP contribution in [0.2, 0.25) is 0 Å². The summed E-state index contributed by atoms with van der Waals surface area (Å²) in [5.41, 5.74) is 0.719. The van der Waals surface area contributed by atoms with Crippen molar-refractivity contribution in [3.8, 4) is 5.75 Å². The minimum Gasteiger partial charge on any atom is -0.494 e. The summed E-state index contributed by atoms with van der Waals surface area (Å²) in [7, 11) is 1.51. The summed E-state index contributed by atoms with van der Waals surface area (Å²) >= 11 is 0. The molecule has 4 heteroatoms. The fourth-order valence-corrected chi connectivity index (χ4v) is 3.07. The second kappa shape index (κ2) is 7.23. The summed E-state index contributed by atoms with van der Waals surface area (Å²) in [6.07, 6.45) is 1.14. The summed E-state index contributed by atoms with van der Waals surface area (Å²) in [6.45, 7) is 9.24. The summed E-state index contributed by atoms with van der Waals surface area (Å²) < 4.78 is 19.5. The Labute approximate surface area is 127 Å². The van der Waals surface area contributed by atoms with E-state index in [-0.39, 0.29) is 5.82 Å². The van der Waals surface area contributed by atoms with Gasteiger partial charge in [-0.2, -0.15) is 0 Å². The maximum atomic E-state index is 14.4. The lowest BCUT2D eigenvalue weighted by atomic mass is 9.94. The molecule has 3 unspecified atom stereocenters. The lowest BCUT2D eigenvalue weighted by Crippen LogP contribution is -2.57. The van der Waals surface area contributed by atoms with E-state index in [1.807, 2.05) is 12.1 Å². The first-order valence-electron chi connectivity index (χ1n) is 7.85. The number of hydrogen-bond donors (Lipinski definition) is 1. The van der Waals surface area contributed by atoms with E-state index in [2.05, 4.69) is 31.0 Å². The number of hydrogen-bond acceptors (Lipinski definition) is 3. The molecule has 1 aliphatic heterocycles. The van der Waals surface area contributed by atoms with Crippen molar-refractivity contribution in [3.63, 3.8) is 0 Å². The third-order valence-corrected chi connectivity index (χ3v) is 4.59. The molecule has 0 amide bonds. The van der Waals surface area contributed by atoms with Gasteiger partial charge < -0.3 is 10.1 Å². The van der Waals surface area contributed by atoms with Gasteiger partial charge in [-0.15, -0.1) is 0 Å². The molecule has 3 atom stereocenters. The van der Waals surface area contributed by atoms with Crippen molar-refractivity contribution in [2.45, 2.75) is 45.8 Å². The molecule has 3 nitrogen and oxygen atoms in total. The molecule has 2 rings (SSSR count). The highest BCUT2D eigenvalue weighted by Gasteiger charge is 2.29.